The number of halogens is 1. The van der Waals surface area contributed by atoms with E-state index in [4.69, 9.17) is 16.3 Å². The van der Waals surface area contributed by atoms with Crippen molar-refractivity contribution in [3.63, 3.8) is 0 Å². The summed E-state index contributed by atoms with van der Waals surface area (Å²) in [7, 11) is 1.30. The van der Waals surface area contributed by atoms with Crippen molar-refractivity contribution in [3.05, 3.63) is 52.1 Å². The van der Waals surface area contributed by atoms with Gasteiger partial charge in [-0.25, -0.2) is 4.79 Å². The maximum atomic E-state index is 12.0. The van der Waals surface area contributed by atoms with Gasteiger partial charge in [-0.3, -0.25) is 9.78 Å². The lowest BCUT2D eigenvalue weighted by Crippen LogP contribution is -2.28. The lowest BCUT2D eigenvalue weighted by atomic mass is 9.83. The molecule has 104 valence electrons. The molecule has 2 rings (SSSR count). The molecule has 0 saturated heterocycles. The highest BCUT2D eigenvalue weighted by molar-refractivity contribution is 6.31. The minimum absolute atomic E-state index is 0.207. The highest BCUT2D eigenvalue weighted by Gasteiger charge is 2.34. The molecule has 1 aromatic heterocycles. The molecule has 1 atom stereocenters. The molecule has 1 N–H and O–H groups in total. The number of carbonyl (C=O) groups is 2. The van der Waals surface area contributed by atoms with E-state index in [1.54, 1.807) is 31.5 Å². The molecule has 0 radical (unpaired) electrons. The van der Waals surface area contributed by atoms with Gasteiger partial charge in [-0.15, -0.1) is 0 Å². The van der Waals surface area contributed by atoms with E-state index < -0.39 is 11.9 Å². The number of allylic oxidation sites excluding steroid dienone is 2. The van der Waals surface area contributed by atoms with Crippen LogP contribution in [0.25, 0.3) is 0 Å². The number of hydrogen-bond donors (Lipinski definition) is 1. The number of aldehydes is 1. The van der Waals surface area contributed by atoms with Crippen LogP contribution in [0.5, 0.6) is 0 Å². The van der Waals surface area contributed by atoms with E-state index in [2.05, 4.69) is 10.3 Å². The average Bonchev–Trinajstić information content (AvgIpc) is 2.46. The summed E-state index contributed by atoms with van der Waals surface area (Å²) >= 11 is 6.07. The molecular formula is C14H13ClN2O3. The summed E-state index contributed by atoms with van der Waals surface area (Å²) in [5.74, 6) is -1.09. The lowest BCUT2D eigenvalue weighted by Gasteiger charge is -2.27. The fourth-order valence-electron chi connectivity index (χ4n) is 2.20. The van der Waals surface area contributed by atoms with E-state index in [0.717, 1.165) is 0 Å². The standard InChI is InChI=1S/C14H13ClN2O3/c1-8-11(14(19)20-2)12(9-4-3-5-16-6-9)10(7-18)13(15)17-8/h3-7,12,17H,1-2H3. The number of hydrogen-bond acceptors (Lipinski definition) is 5. The zero-order valence-corrected chi connectivity index (χ0v) is 11.8. The second-order valence-electron chi connectivity index (χ2n) is 4.26. The molecule has 2 heterocycles. The molecule has 0 spiro atoms. The van der Waals surface area contributed by atoms with Crippen molar-refractivity contribution in [2.24, 2.45) is 0 Å². The Morgan fingerprint density at radius 3 is 2.85 bits per heavy atom. The van der Waals surface area contributed by atoms with E-state index in [1.807, 2.05) is 0 Å². The number of esters is 1. The Morgan fingerprint density at radius 2 is 2.30 bits per heavy atom. The third-order valence-corrected chi connectivity index (χ3v) is 3.42. The van der Waals surface area contributed by atoms with Gasteiger partial charge in [0.2, 0.25) is 0 Å². The van der Waals surface area contributed by atoms with E-state index in [0.29, 0.717) is 23.1 Å². The third kappa shape index (κ3) is 2.44. The number of rotatable bonds is 3. The zero-order valence-electron chi connectivity index (χ0n) is 11.0. The molecule has 0 aliphatic carbocycles. The summed E-state index contributed by atoms with van der Waals surface area (Å²) in [5.41, 5.74) is 1.90. The normalized spacial score (nSPS) is 18.6. The van der Waals surface area contributed by atoms with Gasteiger partial charge >= 0.3 is 5.97 Å². The number of dihydropyridines is 1. The summed E-state index contributed by atoms with van der Waals surface area (Å²) in [6, 6.07) is 3.52. The van der Waals surface area contributed by atoms with Crippen molar-refractivity contribution < 1.29 is 14.3 Å². The van der Waals surface area contributed by atoms with Gasteiger partial charge in [0.25, 0.3) is 0 Å². The van der Waals surface area contributed by atoms with E-state index in [9.17, 15) is 9.59 Å². The Labute approximate surface area is 121 Å². The Morgan fingerprint density at radius 1 is 1.55 bits per heavy atom. The first kappa shape index (κ1) is 14.3. The van der Waals surface area contributed by atoms with Crippen LogP contribution in [0.15, 0.2) is 46.5 Å². The number of ether oxygens (including phenoxy) is 1. The van der Waals surface area contributed by atoms with E-state index >= 15 is 0 Å². The Kier molecular flexibility index (Phi) is 4.20. The molecule has 0 bridgehead atoms. The van der Waals surface area contributed by atoms with Gasteiger partial charge in [0, 0.05) is 23.7 Å². The summed E-state index contributed by atoms with van der Waals surface area (Å²) in [6.45, 7) is 1.71. The van der Waals surface area contributed by atoms with Crippen molar-refractivity contribution in [1.29, 1.82) is 0 Å². The number of nitrogens with zero attached hydrogens (tertiary/aromatic N) is 1. The van der Waals surface area contributed by atoms with Crippen LogP contribution in [-0.2, 0) is 14.3 Å². The number of pyridine rings is 1. The third-order valence-electron chi connectivity index (χ3n) is 3.10. The minimum atomic E-state index is -0.581. The van der Waals surface area contributed by atoms with Crippen LogP contribution in [0.3, 0.4) is 0 Å². The van der Waals surface area contributed by atoms with Crippen molar-refractivity contribution in [2.45, 2.75) is 12.8 Å². The van der Waals surface area contributed by atoms with Gasteiger partial charge < -0.3 is 10.1 Å². The summed E-state index contributed by atoms with van der Waals surface area (Å²) in [4.78, 5) is 27.4. The van der Waals surface area contributed by atoms with Crippen LogP contribution in [0.4, 0.5) is 0 Å². The predicted molar refractivity (Wildman–Crippen MR) is 73.8 cm³/mol. The van der Waals surface area contributed by atoms with Gasteiger partial charge in [0.05, 0.1) is 18.6 Å². The molecular weight excluding hydrogens is 280 g/mol. The maximum absolute atomic E-state index is 12.0. The largest absolute Gasteiger partial charge is 0.466 e. The van der Waals surface area contributed by atoms with Gasteiger partial charge in [-0.2, -0.15) is 0 Å². The van der Waals surface area contributed by atoms with Crippen LogP contribution in [0, 0.1) is 0 Å². The van der Waals surface area contributed by atoms with E-state index in [-0.39, 0.29) is 10.7 Å². The fourth-order valence-corrected chi connectivity index (χ4v) is 2.49. The molecule has 1 aliphatic rings. The maximum Gasteiger partial charge on any atom is 0.336 e. The monoisotopic (exact) mass is 292 g/mol. The van der Waals surface area contributed by atoms with Crippen molar-refractivity contribution in [3.8, 4) is 0 Å². The van der Waals surface area contributed by atoms with Crippen LogP contribution in [0.1, 0.15) is 18.4 Å². The molecule has 0 fully saturated rings. The highest BCUT2D eigenvalue weighted by atomic mass is 35.5. The van der Waals surface area contributed by atoms with Gasteiger partial charge in [-0.1, -0.05) is 17.7 Å². The Balaban J connectivity index is 2.62. The second-order valence-corrected chi connectivity index (χ2v) is 4.64. The lowest BCUT2D eigenvalue weighted by molar-refractivity contribution is -0.136. The van der Waals surface area contributed by atoms with Crippen molar-refractivity contribution in [1.82, 2.24) is 10.3 Å². The van der Waals surface area contributed by atoms with Crippen molar-refractivity contribution in [2.75, 3.05) is 7.11 Å². The number of carbonyl (C=O) groups excluding carboxylic acids is 2. The van der Waals surface area contributed by atoms with Crippen LogP contribution in [-0.4, -0.2) is 24.3 Å². The topological polar surface area (TPSA) is 68.3 Å². The molecule has 0 amide bonds. The SMILES string of the molecule is COC(=O)C1=C(C)NC(Cl)=C(C=O)C1c1cccnc1. The van der Waals surface area contributed by atoms with Crippen LogP contribution in [0.2, 0.25) is 0 Å². The molecule has 1 aliphatic heterocycles. The molecule has 20 heavy (non-hydrogen) atoms. The molecule has 6 heteroatoms. The highest BCUT2D eigenvalue weighted by Crippen LogP contribution is 2.38. The number of methoxy groups -OCH3 is 1. The Hall–Kier alpha value is -2.14. The van der Waals surface area contributed by atoms with Gasteiger partial charge in [0.1, 0.15) is 11.4 Å². The number of nitrogens with one attached hydrogen (secondary N) is 1. The smallest absolute Gasteiger partial charge is 0.336 e. The summed E-state index contributed by atoms with van der Waals surface area (Å²) < 4.78 is 4.80. The molecule has 1 unspecified atom stereocenters. The second kappa shape index (κ2) is 5.88. The Bertz CT molecular complexity index is 608. The van der Waals surface area contributed by atoms with Gasteiger partial charge in [0.15, 0.2) is 0 Å². The summed E-state index contributed by atoms with van der Waals surface area (Å²) in [5, 5.41) is 3.02. The minimum Gasteiger partial charge on any atom is -0.466 e. The average molecular weight is 293 g/mol. The van der Waals surface area contributed by atoms with E-state index in [1.165, 1.54) is 7.11 Å². The first-order chi connectivity index (χ1) is 9.60. The first-order valence-electron chi connectivity index (χ1n) is 5.91. The molecule has 5 nitrogen and oxygen atoms in total. The zero-order chi connectivity index (χ0) is 14.7. The number of aromatic nitrogens is 1. The van der Waals surface area contributed by atoms with Crippen molar-refractivity contribution >= 4 is 23.9 Å². The molecule has 0 aromatic carbocycles. The van der Waals surface area contributed by atoms with Crippen LogP contribution < -0.4 is 5.32 Å². The fraction of sp³-hybridized carbons (Fsp3) is 0.214. The van der Waals surface area contributed by atoms with Crippen LogP contribution >= 0.6 is 11.6 Å². The van der Waals surface area contributed by atoms with Gasteiger partial charge in [-0.05, 0) is 18.6 Å². The quantitative estimate of drug-likeness (QED) is 0.523. The predicted octanol–water partition coefficient (Wildman–Crippen LogP) is 1.86. The first-order valence-corrected chi connectivity index (χ1v) is 6.28. The molecule has 0 saturated carbocycles. The summed E-state index contributed by atoms with van der Waals surface area (Å²) in [6.07, 6.45) is 3.85. The molecule has 1 aromatic rings.